The van der Waals surface area contributed by atoms with Crippen LogP contribution in [-0.2, 0) is 11.2 Å². The molecule has 0 radical (unpaired) electrons. The Labute approximate surface area is 138 Å². The third-order valence-electron chi connectivity index (χ3n) is 3.91. The number of benzene rings is 1. The molecule has 0 saturated carbocycles. The molecule has 126 valence electrons. The van der Waals surface area contributed by atoms with Gasteiger partial charge in [0.15, 0.2) is 5.43 Å². The predicted molar refractivity (Wildman–Crippen MR) is 91.3 cm³/mol. The number of aliphatic carboxylic acids is 1. The van der Waals surface area contributed by atoms with Gasteiger partial charge in [0.1, 0.15) is 0 Å². The maximum atomic E-state index is 12.8. The van der Waals surface area contributed by atoms with Gasteiger partial charge in [-0.05, 0) is 26.3 Å². The SMILES string of the molecule is C=C(C(=O)O)c1c(CC)n(C(C)C)c2ccc([N+](=O)[O-])cc2c1=O. The summed E-state index contributed by atoms with van der Waals surface area (Å²) in [5.74, 6) is -1.29. The van der Waals surface area contributed by atoms with Crippen molar-refractivity contribution in [3.05, 3.63) is 56.4 Å². The molecule has 0 unspecified atom stereocenters. The van der Waals surface area contributed by atoms with Crippen molar-refractivity contribution >= 4 is 28.1 Å². The second-order valence-electron chi connectivity index (χ2n) is 5.71. The van der Waals surface area contributed by atoms with Crippen LogP contribution in [0.15, 0.2) is 29.6 Å². The number of hydrogen-bond donors (Lipinski definition) is 1. The number of hydrogen-bond acceptors (Lipinski definition) is 4. The van der Waals surface area contributed by atoms with Crippen molar-refractivity contribution in [2.24, 2.45) is 0 Å². The van der Waals surface area contributed by atoms with Gasteiger partial charge in [0.2, 0.25) is 0 Å². The Morgan fingerprint density at radius 2 is 2.04 bits per heavy atom. The van der Waals surface area contributed by atoms with Crippen molar-refractivity contribution in [3.63, 3.8) is 0 Å². The van der Waals surface area contributed by atoms with E-state index in [0.29, 0.717) is 17.6 Å². The van der Waals surface area contributed by atoms with Gasteiger partial charge in [0.25, 0.3) is 5.69 Å². The fourth-order valence-electron chi connectivity index (χ4n) is 2.92. The molecule has 1 aromatic heterocycles. The standard InChI is InChI=1S/C17H18N2O5/c1-5-13-15(10(4)17(21)22)16(20)12-8-11(19(23)24)6-7-14(12)18(13)9(2)3/h6-9H,4-5H2,1-3H3,(H,21,22). The van der Waals surface area contributed by atoms with Crippen LogP contribution < -0.4 is 5.43 Å². The first-order valence-corrected chi connectivity index (χ1v) is 7.48. The molecular weight excluding hydrogens is 312 g/mol. The molecule has 7 nitrogen and oxygen atoms in total. The summed E-state index contributed by atoms with van der Waals surface area (Å²) in [7, 11) is 0. The van der Waals surface area contributed by atoms with E-state index >= 15 is 0 Å². The zero-order valence-electron chi connectivity index (χ0n) is 13.7. The lowest BCUT2D eigenvalue weighted by Gasteiger charge is -2.22. The first-order chi connectivity index (χ1) is 11.2. The lowest BCUT2D eigenvalue weighted by atomic mass is 9.98. The normalized spacial score (nSPS) is 11.0. The van der Waals surface area contributed by atoms with Gasteiger partial charge in [-0.25, -0.2) is 4.79 Å². The molecule has 2 rings (SSSR count). The highest BCUT2D eigenvalue weighted by molar-refractivity contribution is 6.15. The van der Waals surface area contributed by atoms with Gasteiger partial charge in [-0.2, -0.15) is 0 Å². The highest BCUT2D eigenvalue weighted by Crippen LogP contribution is 2.27. The molecule has 2 aromatic rings. The first kappa shape index (κ1) is 17.4. The van der Waals surface area contributed by atoms with Crippen LogP contribution in [0, 0.1) is 10.1 Å². The smallest absolute Gasteiger partial charge is 0.335 e. The number of pyridine rings is 1. The maximum Gasteiger partial charge on any atom is 0.335 e. The average Bonchev–Trinajstić information content (AvgIpc) is 2.52. The van der Waals surface area contributed by atoms with Gasteiger partial charge in [0, 0.05) is 23.9 Å². The lowest BCUT2D eigenvalue weighted by molar-refractivity contribution is -0.384. The molecule has 7 heteroatoms. The van der Waals surface area contributed by atoms with Crippen LogP contribution in [0.1, 0.15) is 38.1 Å². The second-order valence-corrected chi connectivity index (χ2v) is 5.71. The van der Waals surface area contributed by atoms with Crippen LogP contribution in [0.25, 0.3) is 16.5 Å². The summed E-state index contributed by atoms with van der Waals surface area (Å²) in [6.45, 7) is 9.14. The zero-order chi connectivity index (χ0) is 18.2. The number of non-ortho nitro benzene ring substituents is 1. The van der Waals surface area contributed by atoms with Gasteiger partial charge >= 0.3 is 5.97 Å². The summed E-state index contributed by atoms with van der Waals surface area (Å²) in [4.78, 5) is 34.6. The number of nitrogens with zero attached hydrogens (tertiary/aromatic N) is 2. The monoisotopic (exact) mass is 330 g/mol. The van der Waals surface area contributed by atoms with E-state index in [0.717, 1.165) is 0 Å². The Morgan fingerprint density at radius 1 is 1.42 bits per heavy atom. The molecule has 1 N–H and O–H groups in total. The minimum Gasteiger partial charge on any atom is -0.478 e. The minimum atomic E-state index is -1.29. The Kier molecular flexibility index (Phi) is 4.54. The molecule has 0 aliphatic rings. The van der Waals surface area contributed by atoms with E-state index in [2.05, 4.69) is 6.58 Å². The lowest BCUT2D eigenvalue weighted by Crippen LogP contribution is -2.23. The summed E-state index contributed by atoms with van der Waals surface area (Å²) in [6.07, 6.45) is 0.433. The molecule has 1 aromatic carbocycles. The number of fused-ring (bicyclic) bond motifs is 1. The molecule has 0 saturated heterocycles. The summed E-state index contributed by atoms with van der Waals surface area (Å²) in [5.41, 5.74) is 0.0374. The number of nitro benzene ring substituents is 1. The highest BCUT2D eigenvalue weighted by atomic mass is 16.6. The number of carboxylic acid groups (broad SMARTS) is 1. The van der Waals surface area contributed by atoms with Crippen molar-refractivity contribution < 1.29 is 14.8 Å². The van der Waals surface area contributed by atoms with Crippen molar-refractivity contribution in [2.45, 2.75) is 33.2 Å². The maximum absolute atomic E-state index is 12.8. The number of nitro groups is 1. The predicted octanol–water partition coefficient (Wildman–Crippen LogP) is 3.15. The third-order valence-corrected chi connectivity index (χ3v) is 3.91. The zero-order valence-corrected chi connectivity index (χ0v) is 13.7. The van der Waals surface area contributed by atoms with E-state index in [4.69, 9.17) is 0 Å². The fraction of sp³-hybridized carbons (Fsp3) is 0.294. The van der Waals surface area contributed by atoms with Crippen molar-refractivity contribution in [3.8, 4) is 0 Å². The molecule has 0 atom stereocenters. The second kappa shape index (κ2) is 6.27. The third kappa shape index (κ3) is 2.68. The van der Waals surface area contributed by atoms with E-state index in [1.165, 1.54) is 18.2 Å². The van der Waals surface area contributed by atoms with E-state index < -0.39 is 16.3 Å². The Bertz CT molecular complexity index is 925. The Morgan fingerprint density at radius 3 is 2.50 bits per heavy atom. The molecular formula is C17H18N2O5. The van der Waals surface area contributed by atoms with E-state index in [1.807, 2.05) is 25.3 Å². The summed E-state index contributed by atoms with van der Waals surface area (Å²) in [6, 6.07) is 3.99. The minimum absolute atomic E-state index is 0.00620. The fourth-order valence-corrected chi connectivity index (χ4v) is 2.92. The van der Waals surface area contributed by atoms with Gasteiger partial charge in [-0.3, -0.25) is 14.9 Å². The summed E-state index contributed by atoms with van der Waals surface area (Å²) < 4.78 is 1.84. The van der Waals surface area contributed by atoms with Crippen molar-refractivity contribution in [1.29, 1.82) is 0 Å². The van der Waals surface area contributed by atoms with Crippen molar-refractivity contribution in [2.75, 3.05) is 0 Å². The highest BCUT2D eigenvalue weighted by Gasteiger charge is 2.23. The van der Waals surface area contributed by atoms with Crippen molar-refractivity contribution in [1.82, 2.24) is 4.57 Å². The molecule has 0 amide bonds. The number of rotatable bonds is 5. The molecule has 0 bridgehead atoms. The first-order valence-electron chi connectivity index (χ1n) is 7.48. The van der Waals surface area contributed by atoms with Crippen LogP contribution in [0.2, 0.25) is 0 Å². The van der Waals surface area contributed by atoms with Crippen LogP contribution >= 0.6 is 0 Å². The summed E-state index contributed by atoms with van der Waals surface area (Å²) in [5, 5.41) is 20.4. The summed E-state index contributed by atoms with van der Waals surface area (Å²) >= 11 is 0. The molecule has 1 heterocycles. The van der Waals surface area contributed by atoms with E-state index in [9.17, 15) is 24.8 Å². The van der Waals surface area contributed by atoms with Crippen LogP contribution in [0.3, 0.4) is 0 Å². The van der Waals surface area contributed by atoms with Gasteiger partial charge < -0.3 is 9.67 Å². The topological polar surface area (TPSA) is 102 Å². The largest absolute Gasteiger partial charge is 0.478 e. The van der Waals surface area contributed by atoms with Crippen LogP contribution in [-0.4, -0.2) is 20.6 Å². The molecule has 0 spiro atoms. The molecule has 0 aliphatic heterocycles. The molecule has 0 aliphatic carbocycles. The number of aromatic nitrogens is 1. The number of carbonyl (C=O) groups is 1. The van der Waals surface area contributed by atoms with Crippen LogP contribution in [0.4, 0.5) is 5.69 Å². The number of carboxylic acids is 1. The van der Waals surface area contributed by atoms with Gasteiger partial charge in [-0.15, -0.1) is 0 Å². The Balaban J connectivity index is 3.07. The van der Waals surface area contributed by atoms with E-state index in [1.54, 1.807) is 0 Å². The average molecular weight is 330 g/mol. The Hall–Kier alpha value is -2.96. The van der Waals surface area contributed by atoms with E-state index in [-0.39, 0.29) is 28.3 Å². The van der Waals surface area contributed by atoms with Gasteiger partial charge in [-0.1, -0.05) is 13.5 Å². The van der Waals surface area contributed by atoms with Crippen LogP contribution in [0.5, 0.6) is 0 Å². The van der Waals surface area contributed by atoms with Gasteiger partial charge in [0.05, 0.1) is 27.0 Å². The quantitative estimate of drug-likeness (QED) is 0.515. The molecule has 0 fully saturated rings. The molecule has 24 heavy (non-hydrogen) atoms.